The van der Waals surface area contributed by atoms with E-state index in [9.17, 15) is 4.79 Å². The summed E-state index contributed by atoms with van der Waals surface area (Å²) in [5.74, 6) is -1.61. The smallest absolute Gasteiger partial charge is 0.372 e. The second-order valence-electron chi connectivity index (χ2n) is 2.52. The Balaban J connectivity index is 5.05. The number of ether oxygens (including phenoxy) is 1. The molecule has 1 N–H and O–H groups in total. The lowest BCUT2D eigenvalue weighted by molar-refractivity contribution is -0.136. The molecular formula is C8H11NO3. The van der Waals surface area contributed by atoms with Crippen LogP contribution in [0.1, 0.15) is 13.8 Å². The van der Waals surface area contributed by atoms with Gasteiger partial charge in [-0.2, -0.15) is 5.26 Å². The van der Waals surface area contributed by atoms with Gasteiger partial charge in [0.1, 0.15) is 0 Å². The Kier molecular flexibility index (Phi) is 3.84. The molecule has 0 unspecified atom stereocenters. The van der Waals surface area contributed by atoms with Crippen LogP contribution in [0.5, 0.6) is 0 Å². The molecule has 0 atom stereocenters. The summed E-state index contributed by atoms with van der Waals surface area (Å²) in [7, 11) is 1.24. The number of hydrogen-bond donors (Lipinski definition) is 1. The van der Waals surface area contributed by atoms with E-state index < -0.39 is 5.97 Å². The van der Waals surface area contributed by atoms with Crippen molar-refractivity contribution in [3.63, 3.8) is 0 Å². The summed E-state index contributed by atoms with van der Waals surface area (Å²) in [6.45, 7) is 3.47. The first kappa shape index (κ1) is 10.5. The Labute approximate surface area is 71.1 Å². The molecule has 4 nitrogen and oxygen atoms in total. The van der Waals surface area contributed by atoms with Crippen molar-refractivity contribution >= 4 is 5.97 Å². The van der Waals surface area contributed by atoms with E-state index >= 15 is 0 Å². The van der Waals surface area contributed by atoms with Crippen LogP contribution in [0.3, 0.4) is 0 Å². The summed E-state index contributed by atoms with van der Waals surface area (Å²) < 4.78 is 4.58. The molecular weight excluding hydrogens is 158 g/mol. The molecule has 0 amide bonds. The third-order valence-electron chi connectivity index (χ3n) is 1.34. The van der Waals surface area contributed by atoms with Crippen LogP contribution in [0.15, 0.2) is 11.3 Å². The first-order chi connectivity index (χ1) is 5.54. The largest absolute Gasteiger partial charge is 0.489 e. The Bertz CT molecular complexity index is 248. The fraction of sp³-hybridized carbons (Fsp3) is 0.500. The van der Waals surface area contributed by atoms with E-state index in [1.165, 1.54) is 7.11 Å². The first-order valence-electron chi connectivity index (χ1n) is 3.46. The Morgan fingerprint density at radius 2 is 2.08 bits per heavy atom. The van der Waals surface area contributed by atoms with Crippen molar-refractivity contribution in [2.24, 2.45) is 5.92 Å². The molecule has 0 spiro atoms. The van der Waals surface area contributed by atoms with Crippen LogP contribution in [0, 0.1) is 17.2 Å². The summed E-state index contributed by atoms with van der Waals surface area (Å²) in [5.41, 5.74) is 0.157. The second-order valence-corrected chi connectivity index (χ2v) is 2.52. The quantitative estimate of drug-likeness (QED) is 0.391. The van der Waals surface area contributed by atoms with Gasteiger partial charge in [-0.25, -0.2) is 4.79 Å². The number of carbonyl (C=O) groups is 1. The lowest BCUT2D eigenvalue weighted by Crippen LogP contribution is -2.09. The normalized spacial score (nSPS) is 11.9. The molecule has 0 saturated carbocycles. The van der Waals surface area contributed by atoms with Gasteiger partial charge in [-0.3, -0.25) is 0 Å². The minimum absolute atomic E-state index is 0.138. The lowest BCUT2D eigenvalue weighted by Gasteiger charge is -2.06. The summed E-state index contributed by atoms with van der Waals surface area (Å²) in [5, 5.41) is 17.2. The Hall–Kier alpha value is -1.50. The van der Waals surface area contributed by atoms with Crippen LogP contribution >= 0.6 is 0 Å². The van der Waals surface area contributed by atoms with Gasteiger partial charge in [0.25, 0.3) is 0 Å². The first-order valence-corrected chi connectivity index (χ1v) is 3.46. The van der Waals surface area contributed by atoms with Gasteiger partial charge in [-0.05, 0) is 5.92 Å². The highest BCUT2D eigenvalue weighted by molar-refractivity contribution is 5.86. The van der Waals surface area contributed by atoms with E-state index in [4.69, 9.17) is 10.4 Å². The van der Waals surface area contributed by atoms with Gasteiger partial charge in [0.15, 0.2) is 0 Å². The SMILES string of the molecule is CO/C(C(=O)O)=C(\C#N)C(C)C. The van der Waals surface area contributed by atoms with Crippen molar-refractivity contribution in [1.29, 1.82) is 5.26 Å². The van der Waals surface area contributed by atoms with Crippen LogP contribution in [0.2, 0.25) is 0 Å². The van der Waals surface area contributed by atoms with E-state index in [1.807, 2.05) is 6.07 Å². The van der Waals surface area contributed by atoms with Crippen molar-refractivity contribution in [3.05, 3.63) is 11.3 Å². The predicted octanol–water partition coefficient (Wildman–Crippen LogP) is 1.15. The van der Waals surface area contributed by atoms with Gasteiger partial charge in [-0.15, -0.1) is 0 Å². The number of aliphatic carboxylic acids is 1. The van der Waals surface area contributed by atoms with Crippen LogP contribution in [-0.2, 0) is 9.53 Å². The third kappa shape index (κ3) is 2.27. The van der Waals surface area contributed by atoms with Gasteiger partial charge in [0.2, 0.25) is 5.76 Å². The van der Waals surface area contributed by atoms with Crippen LogP contribution in [0.25, 0.3) is 0 Å². The number of nitriles is 1. The number of allylic oxidation sites excluding steroid dienone is 1. The highest BCUT2D eigenvalue weighted by Gasteiger charge is 2.17. The minimum Gasteiger partial charge on any atom is -0.489 e. The fourth-order valence-corrected chi connectivity index (χ4v) is 0.755. The van der Waals surface area contributed by atoms with Crippen LogP contribution in [-0.4, -0.2) is 18.2 Å². The molecule has 0 aromatic heterocycles. The second kappa shape index (κ2) is 4.39. The third-order valence-corrected chi connectivity index (χ3v) is 1.34. The molecule has 66 valence electrons. The predicted molar refractivity (Wildman–Crippen MR) is 42.1 cm³/mol. The van der Waals surface area contributed by atoms with Crippen molar-refractivity contribution in [1.82, 2.24) is 0 Å². The maximum absolute atomic E-state index is 10.5. The molecule has 12 heavy (non-hydrogen) atoms. The molecule has 0 saturated heterocycles. The lowest BCUT2D eigenvalue weighted by atomic mass is 10.0. The summed E-state index contributed by atoms with van der Waals surface area (Å²) >= 11 is 0. The zero-order valence-corrected chi connectivity index (χ0v) is 7.29. The maximum atomic E-state index is 10.5. The number of methoxy groups -OCH3 is 1. The summed E-state index contributed by atoms with van der Waals surface area (Å²) in [4.78, 5) is 10.5. The molecule has 0 aliphatic carbocycles. The standard InChI is InChI=1S/C8H11NO3/c1-5(2)6(4-9)7(12-3)8(10)11/h5H,1-3H3,(H,10,11)/b7-6+. The van der Waals surface area contributed by atoms with Crippen molar-refractivity contribution < 1.29 is 14.6 Å². The Morgan fingerprint density at radius 1 is 1.58 bits per heavy atom. The number of nitrogens with zero attached hydrogens (tertiary/aromatic N) is 1. The summed E-state index contributed by atoms with van der Waals surface area (Å²) in [6.07, 6.45) is 0. The Morgan fingerprint density at radius 3 is 2.17 bits per heavy atom. The number of carboxylic acids is 1. The van der Waals surface area contributed by atoms with Crippen molar-refractivity contribution in [3.8, 4) is 6.07 Å². The minimum atomic E-state index is -1.21. The molecule has 0 aliphatic heterocycles. The average molecular weight is 169 g/mol. The van der Waals surface area contributed by atoms with Crippen molar-refractivity contribution in [2.45, 2.75) is 13.8 Å². The van der Waals surface area contributed by atoms with Gasteiger partial charge >= 0.3 is 5.97 Å². The molecule has 0 aliphatic rings. The van der Waals surface area contributed by atoms with E-state index in [0.29, 0.717) is 0 Å². The fourth-order valence-electron chi connectivity index (χ4n) is 0.755. The van der Waals surface area contributed by atoms with Crippen LogP contribution in [0.4, 0.5) is 0 Å². The molecule has 4 heteroatoms. The molecule has 0 rings (SSSR count). The van der Waals surface area contributed by atoms with Gasteiger partial charge in [-0.1, -0.05) is 13.8 Å². The molecule has 0 heterocycles. The van der Waals surface area contributed by atoms with Crippen LogP contribution < -0.4 is 0 Å². The number of carboxylic acid groups (broad SMARTS) is 1. The summed E-state index contributed by atoms with van der Waals surface area (Å²) in [6, 6.07) is 1.81. The topological polar surface area (TPSA) is 70.3 Å². The molecule has 0 aromatic carbocycles. The average Bonchev–Trinajstić information content (AvgIpc) is 1.98. The zero-order chi connectivity index (χ0) is 9.72. The van der Waals surface area contributed by atoms with Gasteiger partial charge in [0.05, 0.1) is 18.8 Å². The van der Waals surface area contributed by atoms with E-state index in [-0.39, 0.29) is 17.3 Å². The maximum Gasteiger partial charge on any atom is 0.372 e. The number of hydrogen-bond acceptors (Lipinski definition) is 3. The van der Waals surface area contributed by atoms with Crippen molar-refractivity contribution in [2.75, 3.05) is 7.11 Å². The highest BCUT2D eigenvalue weighted by atomic mass is 16.5. The van der Waals surface area contributed by atoms with E-state index in [1.54, 1.807) is 13.8 Å². The number of rotatable bonds is 3. The zero-order valence-electron chi connectivity index (χ0n) is 7.29. The molecule has 0 fully saturated rings. The van der Waals surface area contributed by atoms with Gasteiger partial charge < -0.3 is 9.84 Å². The van der Waals surface area contributed by atoms with Gasteiger partial charge in [0, 0.05) is 0 Å². The van der Waals surface area contributed by atoms with E-state index in [2.05, 4.69) is 4.74 Å². The van der Waals surface area contributed by atoms with E-state index in [0.717, 1.165) is 0 Å². The molecule has 0 radical (unpaired) electrons. The molecule has 0 aromatic rings. The monoisotopic (exact) mass is 169 g/mol. The molecule has 0 bridgehead atoms. The highest BCUT2D eigenvalue weighted by Crippen LogP contribution is 2.14.